The molecule has 0 spiro atoms. The highest BCUT2D eigenvalue weighted by atomic mass is 32.2. The molecule has 2 N–H and O–H groups in total. The van der Waals surface area contributed by atoms with E-state index in [1.54, 1.807) is 6.92 Å². The Morgan fingerprint density at radius 3 is 2.64 bits per heavy atom. The van der Waals surface area contributed by atoms with Gasteiger partial charge in [-0.05, 0) is 38.5 Å². The van der Waals surface area contributed by atoms with E-state index in [2.05, 4.69) is 15.0 Å². The lowest BCUT2D eigenvalue weighted by Gasteiger charge is -2.33. The molecule has 28 heavy (non-hydrogen) atoms. The van der Waals surface area contributed by atoms with Crippen LogP contribution in [0.4, 0.5) is 4.39 Å². The first-order chi connectivity index (χ1) is 13.0. The van der Waals surface area contributed by atoms with Crippen molar-refractivity contribution in [2.45, 2.75) is 38.0 Å². The van der Waals surface area contributed by atoms with E-state index >= 15 is 0 Å². The van der Waals surface area contributed by atoms with E-state index in [1.165, 1.54) is 44.4 Å². The number of hydrogen-bond donors (Lipinski definition) is 1. The van der Waals surface area contributed by atoms with E-state index in [0.717, 1.165) is 0 Å². The van der Waals surface area contributed by atoms with Gasteiger partial charge in [0.25, 0.3) is 0 Å². The third-order valence-electron chi connectivity index (χ3n) is 4.86. The van der Waals surface area contributed by atoms with Gasteiger partial charge in [0.1, 0.15) is 28.1 Å². The molecule has 0 aliphatic carbocycles. The summed E-state index contributed by atoms with van der Waals surface area (Å²) in [6.07, 6.45) is 2.86. The van der Waals surface area contributed by atoms with Gasteiger partial charge in [-0.2, -0.15) is 0 Å². The van der Waals surface area contributed by atoms with Gasteiger partial charge in [-0.1, -0.05) is 6.07 Å². The number of aromatic nitrogens is 2. The number of hydrogen-bond acceptors (Lipinski definition) is 7. The zero-order valence-electron chi connectivity index (χ0n) is 15.8. The topological polar surface area (TPSA) is 115 Å². The summed E-state index contributed by atoms with van der Waals surface area (Å²) in [7, 11) is -3.57. The summed E-state index contributed by atoms with van der Waals surface area (Å²) in [6.45, 7) is 4.75. The normalized spacial score (nSPS) is 23.9. The predicted octanol–water partition coefficient (Wildman–Crippen LogP) is 1.74. The standard InChI is InChI=1S/C19H21FN4O3S/c1-11-8-23-16(9-22-11)17(25)7-13-4-5-15(20)14(6-13)19(3)10-28(26,27)12(2)18(21)24-19/h4-6,8-9,12H,7,10H2,1-3H3,(H2,21,24)/t12?,19-/m0/s1. The molecule has 1 aromatic heterocycles. The number of aryl methyl sites for hydroxylation is 1. The summed E-state index contributed by atoms with van der Waals surface area (Å²) >= 11 is 0. The van der Waals surface area contributed by atoms with Crippen molar-refractivity contribution in [1.82, 2.24) is 9.97 Å². The average molecular weight is 404 g/mol. The molecule has 2 aromatic rings. The zero-order valence-corrected chi connectivity index (χ0v) is 16.6. The van der Waals surface area contributed by atoms with Gasteiger partial charge in [0.15, 0.2) is 15.6 Å². The van der Waals surface area contributed by atoms with Gasteiger partial charge in [0, 0.05) is 18.2 Å². The Balaban J connectivity index is 1.96. The highest BCUT2D eigenvalue weighted by Crippen LogP contribution is 2.34. The minimum atomic E-state index is -3.57. The Bertz CT molecular complexity index is 1070. The van der Waals surface area contributed by atoms with Crippen molar-refractivity contribution >= 4 is 21.5 Å². The number of benzene rings is 1. The molecule has 1 aromatic carbocycles. The van der Waals surface area contributed by atoms with Gasteiger partial charge in [-0.15, -0.1) is 0 Å². The summed E-state index contributed by atoms with van der Waals surface area (Å²) in [4.78, 5) is 24.8. The van der Waals surface area contributed by atoms with Gasteiger partial charge in [-0.25, -0.2) is 17.8 Å². The van der Waals surface area contributed by atoms with E-state index in [4.69, 9.17) is 5.73 Å². The van der Waals surface area contributed by atoms with Crippen molar-refractivity contribution in [3.05, 3.63) is 58.9 Å². The van der Waals surface area contributed by atoms with Crippen molar-refractivity contribution in [2.75, 3.05) is 5.75 Å². The Kier molecular flexibility index (Phi) is 5.05. The molecule has 0 bridgehead atoms. The van der Waals surface area contributed by atoms with Crippen LogP contribution in [0.15, 0.2) is 35.6 Å². The van der Waals surface area contributed by atoms with Crippen LogP contribution in [-0.2, 0) is 21.8 Å². The Morgan fingerprint density at radius 2 is 2.04 bits per heavy atom. The number of Topliss-reactive ketones (excluding diaryl/α,β-unsaturated/α-hetero) is 1. The summed E-state index contributed by atoms with van der Waals surface area (Å²) < 4.78 is 39.4. The van der Waals surface area contributed by atoms with Crippen molar-refractivity contribution < 1.29 is 17.6 Å². The summed E-state index contributed by atoms with van der Waals surface area (Å²) in [5, 5.41) is -0.909. The van der Waals surface area contributed by atoms with E-state index in [-0.39, 0.29) is 35.0 Å². The van der Waals surface area contributed by atoms with Crippen molar-refractivity contribution in [1.29, 1.82) is 0 Å². The Hall–Kier alpha value is -2.68. The number of aliphatic imine (C=N–C) groups is 1. The van der Waals surface area contributed by atoms with Crippen LogP contribution in [-0.4, -0.2) is 41.0 Å². The Labute approximate surface area is 162 Å². The van der Waals surface area contributed by atoms with E-state index < -0.39 is 26.4 Å². The molecule has 0 fully saturated rings. The van der Waals surface area contributed by atoms with Gasteiger partial charge >= 0.3 is 0 Å². The van der Waals surface area contributed by atoms with Crippen LogP contribution < -0.4 is 5.73 Å². The van der Waals surface area contributed by atoms with Gasteiger partial charge < -0.3 is 5.73 Å². The maximum Gasteiger partial charge on any atom is 0.187 e. The van der Waals surface area contributed by atoms with E-state index in [0.29, 0.717) is 11.3 Å². The molecule has 7 nitrogen and oxygen atoms in total. The fraction of sp³-hybridized carbons (Fsp3) is 0.368. The highest BCUT2D eigenvalue weighted by molar-refractivity contribution is 7.92. The van der Waals surface area contributed by atoms with Gasteiger partial charge in [0.2, 0.25) is 0 Å². The summed E-state index contributed by atoms with van der Waals surface area (Å²) in [6, 6.07) is 4.16. The third kappa shape index (κ3) is 3.80. The third-order valence-corrected chi connectivity index (χ3v) is 7.14. The van der Waals surface area contributed by atoms with Crippen molar-refractivity contribution in [2.24, 2.45) is 10.7 Å². The van der Waals surface area contributed by atoms with Crippen LogP contribution in [0.1, 0.15) is 41.2 Å². The molecule has 0 saturated heterocycles. The van der Waals surface area contributed by atoms with Crippen LogP contribution in [0, 0.1) is 12.7 Å². The molecule has 3 rings (SSSR count). The van der Waals surface area contributed by atoms with Crippen LogP contribution in [0.5, 0.6) is 0 Å². The first-order valence-electron chi connectivity index (χ1n) is 8.69. The molecule has 1 aliphatic heterocycles. The van der Waals surface area contributed by atoms with Crippen LogP contribution in [0.3, 0.4) is 0 Å². The second kappa shape index (κ2) is 7.05. The predicted molar refractivity (Wildman–Crippen MR) is 103 cm³/mol. The molecule has 2 heterocycles. The second-order valence-electron chi connectivity index (χ2n) is 7.22. The minimum absolute atomic E-state index is 0.0244. The van der Waals surface area contributed by atoms with Crippen LogP contribution in [0.2, 0.25) is 0 Å². The van der Waals surface area contributed by atoms with E-state index in [1.807, 2.05) is 0 Å². The summed E-state index contributed by atoms with van der Waals surface area (Å²) in [5.74, 6) is -1.29. The first kappa shape index (κ1) is 20.1. The van der Waals surface area contributed by atoms with E-state index in [9.17, 15) is 17.6 Å². The lowest BCUT2D eigenvalue weighted by molar-refractivity contribution is 0.0987. The smallest absolute Gasteiger partial charge is 0.187 e. The monoisotopic (exact) mass is 404 g/mol. The lowest BCUT2D eigenvalue weighted by atomic mass is 9.91. The largest absolute Gasteiger partial charge is 0.386 e. The van der Waals surface area contributed by atoms with Crippen LogP contribution >= 0.6 is 0 Å². The molecule has 2 atom stereocenters. The highest BCUT2D eigenvalue weighted by Gasteiger charge is 2.42. The molecule has 148 valence electrons. The number of nitrogens with two attached hydrogens (primary N) is 1. The first-order valence-corrected chi connectivity index (χ1v) is 10.4. The molecule has 0 saturated carbocycles. The molecule has 1 aliphatic rings. The zero-order chi connectivity index (χ0) is 20.7. The number of amidine groups is 1. The average Bonchev–Trinajstić information content (AvgIpc) is 2.61. The number of rotatable bonds is 4. The SMILES string of the molecule is Cc1cnc(C(=O)Cc2ccc(F)c([C@]3(C)CS(=O)(=O)C(C)C(N)=N3)c2)cn1. The van der Waals surface area contributed by atoms with Crippen molar-refractivity contribution in [3.8, 4) is 0 Å². The lowest BCUT2D eigenvalue weighted by Crippen LogP contribution is -2.47. The quantitative estimate of drug-likeness (QED) is 0.776. The molecule has 0 radical (unpaired) electrons. The van der Waals surface area contributed by atoms with Gasteiger partial charge in [-0.3, -0.25) is 14.8 Å². The molecular weight excluding hydrogens is 383 g/mol. The summed E-state index contributed by atoms with van der Waals surface area (Å²) in [5.41, 5.74) is 5.95. The maximum absolute atomic E-state index is 14.6. The van der Waals surface area contributed by atoms with Gasteiger partial charge in [0.05, 0.1) is 17.6 Å². The number of sulfone groups is 1. The number of carbonyl (C=O) groups excluding carboxylic acids is 1. The number of nitrogens with zero attached hydrogens (tertiary/aromatic N) is 3. The maximum atomic E-state index is 14.6. The molecular formula is C19H21FN4O3S. The fourth-order valence-corrected chi connectivity index (χ4v) is 4.83. The molecule has 9 heteroatoms. The molecule has 0 amide bonds. The number of halogens is 1. The Morgan fingerprint density at radius 1 is 1.32 bits per heavy atom. The fourth-order valence-electron chi connectivity index (χ4n) is 3.15. The number of ketones is 1. The second-order valence-corrected chi connectivity index (χ2v) is 9.54. The molecule has 1 unspecified atom stereocenters. The minimum Gasteiger partial charge on any atom is -0.386 e. The van der Waals surface area contributed by atoms with Crippen LogP contribution in [0.25, 0.3) is 0 Å². The van der Waals surface area contributed by atoms with Crippen molar-refractivity contribution in [3.63, 3.8) is 0 Å². The number of carbonyl (C=O) groups is 1.